The Morgan fingerprint density at radius 1 is 1.33 bits per heavy atom. The van der Waals surface area contributed by atoms with Crippen LogP contribution in [0.1, 0.15) is 25.5 Å². The van der Waals surface area contributed by atoms with Gasteiger partial charge in [0.25, 0.3) is 5.88 Å². The van der Waals surface area contributed by atoms with Gasteiger partial charge in [0.05, 0.1) is 11.7 Å². The van der Waals surface area contributed by atoms with Crippen LogP contribution in [0.15, 0.2) is 18.2 Å². The molecule has 0 spiro atoms. The lowest BCUT2D eigenvalue weighted by Crippen LogP contribution is -2.25. The van der Waals surface area contributed by atoms with Gasteiger partial charge in [0, 0.05) is 13.1 Å². The number of aliphatic carboxylic acids is 2. The number of hydrogen-bond donors (Lipinski definition) is 2. The average molecular weight is 355 g/mol. The minimum Gasteiger partial charge on any atom is -0.473 e. The number of ether oxygens (including phenoxy) is 1. The maximum atomic E-state index is 9.10. The smallest absolute Gasteiger partial charge is 0.414 e. The summed E-state index contributed by atoms with van der Waals surface area (Å²) in [6, 6.07) is 0. The highest BCUT2D eigenvalue weighted by molar-refractivity contribution is 6.99. The molecule has 0 saturated heterocycles. The van der Waals surface area contributed by atoms with E-state index in [0.29, 0.717) is 12.5 Å². The molecule has 2 N–H and O–H groups in total. The van der Waals surface area contributed by atoms with E-state index in [4.69, 9.17) is 24.5 Å². The first kappa shape index (κ1) is 19.8. The molecule has 1 aromatic rings. The van der Waals surface area contributed by atoms with Crippen molar-refractivity contribution in [1.29, 1.82) is 0 Å². The molecular formula is C15H21N3O5S. The van der Waals surface area contributed by atoms with Gasteiger partial charge in [-0.25, -0.2) is 9.59 Å². The molecule has 8 nitrogen and oxygen atoms in total. The highest BCUT2D eigenvalue weighted by atomic mass is 32.1. The van der Waals surface area contributed by atoms with E-state index in [-0.39, 0.29) is 0 Å². The molecule has 0 fully saturated rings. The van der Waals surface area contributed by atoms with Crippen LogP contribution in [0.2, 0.25) is 0 Å². The topological polar surface area (TPSA) is 113 Å². The Morgan fingerprint density at radius 2 is 2.04 bits per heavy atom. The lowest BCUT2D eigenvalue weighted by molar-refractivity contribution is -0.159. The van der Waals surface area contributed by atoms with Crippen molar-refractivity contribution in [2.45, 2.75) is 19.8 Å². The van der Waals surface area contributed by atoms with Crippen LogP contribution in [0, 0.1) is 0 Å². The molecular weight excluding hydrogens is 334 g/mol. The van der Waals surface area contributed by atoms with Gasteiger partial charge in [0.2, 0.25) is 0 Å². The first-order valence-electron chi connectivity index (χ1n) is 7.40. The van der Waals surface area contributed by atoms with Gasteiger partial charge in [-0.1, -0.05) is 25.2 Å². The number of hydrogen-bond acceptors (Lipinski definition) is 7. The van der Waals surface area contributed by atoms with Crippen molar-refractivity contribution in [1.82, 2.24) is 13.6 Å². The summed E-state index contributed by atoms with van der Waals surface area (Å²) in [7, 11) is 2.12. The van der Waals surface area contributed by atoms with E-state index in [1.165, 1.54) is 17.3 Å². The highest BCUT2D eigenvalue weighted by Gasteiger charge is 2.18. The zero-order valence-corrected chi connectivity index (χ0v) is 14.5. The number of carbonyl (C=O) groups is 2. The summed E-state index contributed by atoms with van der Waals surface area (Å²) in [5, 5.41) is 14.8. The zero-order chi connectivity index (χ0) is 17.9. The lowest BCUT2D eigenvalue weighted by atomic mass is 10.1. The summed E-state index contributed by atoms with van der Waals surface area (Å²) in [5.41, 5.74) is 2.14. The first-order valence-corrected chi connectivity index (χ1v) is 8.13. The second-order valence-corrected chi connectivity index (χ2v) is 5.50. The van der Waals surface area contributed by atoms with Crippen LogP contribution in [0.4, 0.5) is 0 Å². The van der Waals surface area contributed by atoms with Crippen LogP contribution in [-0.2, 0) is 9.59 Å². The first-order chi connectivity index (χ1) is 11.5. The fourth-order valence-corrected chi connectivity index (χ4v) is 2.43. The third-order valence-electron chi connectivity index (χ3n) is 3.01. The van der Waals surface area contributed by atoms with Crippen molar-refractivity contribution in [2.75, 3.05) is 26.7 Å². The second-order valence-electron chi connectivity index (χ2n) is 4.97. The van der Waals surface area contributed by atoms with Gasteiger partial charge in [-0.05, 0) is 25.5 Å². The Balaban J connectivity index is 0.000000413. The Bertz CT molecular complexity index is 600. The summed E-state index contributed by atoms with van der Waals surface area (Å²) in [6.45, 7) is 4.70. The SMILES string of the molecule is CCC=CCOc1nsnc1C1=CCCN(C)C1.O=C(O)C(=O)O. The van der Waals surface area contributed by atoms with Gasteiger partial charge >= 0.3 is 11.9 Å². The largest absolute Gasteiger partial charge is 0.473 e. The van der Waals surface area contributed by atoms with E-state index in [0.717, 1.165) is 31.6 Å². The molecule has 2 heterocycles. The molecule has 0 unspecified atom stereocenters. The standard InChI is InChI=1S/C13H19N3OS.C2H2O4/c1-3-4-5-9-17-13-12(14-18-15-13)11-7-6-8-16(2)10-11;3-1(4)2(5)6/h4-5,7H,3,6,8-10H2,1-2H3;(H,3,4)(H,5,6). The number of allylic oxidation sites excluding steroid dienone is 1. The molecule has 2 rings (SSSR count). The minimum atomic E-state index is -1.82. The number of carboxylic acid groups (broad SMARTS) is 2. The molecule has 0 aromatic carbocycles. The maximum Gasteiger partial charge on any atom is 0.414 e. The quantitative estimate of drug-likeness (QED) is 0.607. The molecule has 0 amide bonds. The zero-order valence-electron chi connectivity index (χ0n) is 13.6. The highest BCUT2D eigenvalue weighted by Crippen LogP contribution is 2.26. The number of nitrogens with zero attached hydrogens (tertiary/aromatic N) is 3. The second kappa shape index (κ2) is 10.5. The van der Waals surface area contributed by atoms with Crippen LogP contribution < -0.4 is 4.74 Å². The van der Waals surface area contributed by atoms with Crippen molar-refractivity contribution in [3.63, 3.8) is 0 Å². The molecule has 24 heavy (non-hydrogen) atoms. The van der Waals surface area contributed by atoms with E-state index in [9.17, 15) is 0 Å². The van der Waals surface area contributed by atoms with E-state index >= 15 is 0 Å². The molecule has 0 bridgehead atoms. The number of aromatic nitrogens is 2. The van der Waals surface area contributed by atoms with Crippen LogP contribution >= 0.6 is 11.7 Å². The van der Waals surface area contributed by atoms with E-state index in [2.05, 4.69) is 39.8 Å². The number of likely N-dealkylation sites (N-methyl/N-ethyl adjacent to an activating group) is 1. The molecule has 1 aromatic heterocycles. The Labute approximate surface area is 144 Å². The van der Waals surface area contributed by atoms with Gasteiger partial charge < -0.3 is 19.8 Å². The molecule has 1 aliphatic heterocycles. The molecule has 0 saturated carbocycles. The van der Waals surface area contributed by atoms with Gasteiger partial charge in [0.15, 0.2) is 0 Å². The van der Waals surface area contributed by atoms with Gasteiger partial charge in [-0.15, -0.1) is 4.37 Å². The van der Waals surface area contributed by atoms with E-state index < -0.39 is 11.9 Å². The predicted molar refractivity (Wildman–Crippen MR) is 90.2 cm³/mol. The molecule has 0 atom stereocenters. The predicted octanol–water partition coefficient (Wildman–Crippen LogP) is 1.76. The van der Waals surface area contributed by atoms with Gasteiger partial charge in [0.1, 0.15) is 12.3 Å². The molecule has 132 valence electrons. The third-order valence-corrected chi connectivity index (χ3v) is 3.52. The summed E-state index contributed by atoms with van der Waals surface area (Å²) < 4.78 is 14.2. The normalized spacial score (nSPS) is 14.7. The molecule has 1 aliphatic rings. The lowest BCUT2D eigenvalue weighted by Gasteiger charge is -2.21. The summed E-state index contributed by atoms with van der Waals surface area (Å²) in [5.74, 6) is -2.98. The molecule has 0 aliphatic carbocycles. The Kier molecular flexibility index (Phi) is 8.66. The summed E-state index contributed by atoms with van der Waals surface area (Å²) >= 11 is 1.22. The summed E-state index contributed by atoms with van der Waals surface area (Å²) in [6.07, 6.45) is 8.45. The Morgan fingerprint density at radius 3 is 2.62 bits per heavy atom. The van der Waals surface area contributed by atoms with Crippen LogP contribution in [0.5, 0.6) is 5.88 Å². The molecule has 9 heteroatoms. The van der Waals surface area contributed by atoms with Crippen LogP contribution in [0.3, 0.4) is 0 Å². The van der Waals surface area contributed by atoms with Crippen molar-refractivity contribution in [3.8, 4) is 5.88 Å². The van der Waals surface area contributed by atoms with Crippen LogP contribution in [0.25, 0.3) is 5.57 Å². The number of carboxylic acids is 2. The fourth-order valence-electron chi connectivity index (χ4n) is 1.90. The van der Waals surface area contributed by atoms with Gasteiger partial charge in [-0.3, -0.25) is 0 Å². The maximum absolute atomic E-state index is 9.10. The third kappa shape index (κ3) is 6.88. The molecule has 0 radical (unpaired) electrons. The van der Waals surface area contributed by atoms with E-state index in [1.54, 1.807) is 0 Å². The minimum absolute atomic E-state index is 0.565. The summed E-state index contributed by atoms with van der Waals surface area (Å²) in [4.78, 5) is 20.5. The number of rotatable bonds is 5. The van der Waals surface area contributed by atoms with Gasteiger partial charge in [-0.2, -0.15) is 4.37 Å². The van der Waals surface area contributed by atoms with Crippen LogP contribution in [-0.4, -0.2) is 62.5 Å². The monoisotopic (exact) mass is 355 g/mol. The van der Waals surface area contributed by atoms with Crippen molar-refractivity contribution in [2.24, 2.45) is 0 Å². The van der Waals surface area contributed by atoms with Crippen molar-refractivity contribution >= 4 is 29.2 Å². The van der Waals surface area contributed by atoms with Crippen molar-refractivity contribution < 1.29 is 24.5 Å². The Hall–Kier alpha value is -2.26. The average Bonchev–Trinajstić information content (AvgIpc) is 3.00. The fraction of sp³-hybridized carbons (Fsp3) is 0.467. The van der Waals surface area contributed by atoms with E-state index in [1.807, 2.05) is 6.08 Å². The van der Waals surface area contributed by atoms with Crippen molar-refractivity contribution in [3.05, 3.63) is 23.9 Å².